The van der Waals surface area contributed by atoms with Crippen molar-refractivity contribution in [3.8, 4) is 0 Å². The van der Waals surface area contributed by atoms with Crippen molar-refractivity contribution in [2.75, 3.05) is 13.1 Å². The van der Waals surface area contributed by atoms with Crippen LogP contribution in [0.3, 0.4) is 0 Å². The molecule has 0 bridgehead atoms. The molecule has 2 heterocycles. The molecule has 1 fully saturated rings. The molecule has 1 aromatic rings. The summed E-state index contributed by atoms with van der Waals surface area (Å²) in [5, 5.41) is 6.19. The van der Waals surface area contributed by atoms with Crippen LogP contribution in [0.15, 0.2) is 10.5 Å². The van der Waals surface area contributed by atoms with Crippen LogP contribution >= 0.6 is 0 Å². The summed E-state index contributed by atoms with van der Waals surface area (Å²) in [7, 11) is 0. The van der Waals surface area contributed by atoms with E-state index in [2.05, 4.69) is 10.6 Å². The fraction of sp³-hybridized carbons (Fsp3) is 0.615. The lowest BCUT2D eigenvalue weighted by molar-refractivity contribution is -0.123. The Morgan fingerprint density at radius 3 is 2.76 bits per heavy atom. The van der Waals surface area contributed by atoms with Crippen molar-refractivity contribution in [1.29, 1.82) is 0 Å². The summed E-state index contributed by atoms with van der Waals surface area (Å²) in [6.07, 6.45) is 0.618. The van der Waals surface area contributed by atoms with Gasteiger partial charge in [-0.2, -0.15) is 0 Å². The molecule has 1 aliphatic rings. The summed E-state index contributed by atoms with van der Waals surface area (Å²) >= 11 is 0. The highest BCUT2D eigenvalue weighted by atomic mass is 16.3. The first kappa shape index (κ1) is 12.2. The highest BCUT2D eigenvalue weighted by Crippen LogP contribution is 2.21. The molecule has 4 nitrogen and oxygen atoms in total. The Kier molecular flexibility index (Phi) is 3.52. The molecule has 1 aromatic heterocycles. The average Bonchev–Trinajstić information content (AvgIpc) is 2.52. The van der Waals surface area contributed by atoms with Gasteiger partial charge in [0.25, 0.3) is 0 Å². The zero-order valence-electron chi connectivity index (χ0n) is 10.7. The van der Waals surface area contributed by atoms with Gasteiger partial charge in [0.2, 0.25) is 5.91 Å². The van der Waals surface area contributed by atoms with Crippen LogP contribution in [0, 0.1) is 19.8 Å². The van der Waals surface area contributed by atoms with Crippen molar-refractivity contribution < 1.29 is 9.21 Å². The first-order valence-corrected chi connectivity index (χ1v) is 6.13. The summed E-state index contributed by atoms with van der Waals surface area (Å²) < 4.78 is 5.47. The zero-order chi connectivity index (χ0) is 12.4. The van der Waals surface area contributed by atoms with Crippen LogP contribution in [0.25, 0.3) is 0 Å². The Balaban J connectivity index is 1.89. The summed E-state index contributed by atoms with van der Waals surface area (Å²) in [4.78, 5) is 11.8. The van der Waals surface area contributed by atoms with Gasteiger partial charge in [0.1, 0.15) is 11.5 Å². The summed E-state index contributed by atoms with van der Waals surface area (Å²) in [6, 6.07) is 2.01. The van der Waals surface area contributed by atoms with Crippen LogP contribution in [-0.2, 0) is 4.79 Å². The fourth-order valence-electron chi connectivity index (χ4n) is 2.21. The van der Waals surface area contributed by atoms with E-state index in [9.17, 15) is 4.79 Å². The lowest BCUT2D eigenvalue weighted by Crippen LogP contribution is -2.44. The first-order chi connectivity index (χ1) is 8.06. The third-order valence-corrected chi connectivity index (χ3v) is 3.26. The molecule has 0 aliphatic carbocycles. The number of rotatable bonds is 4. The van der Waals surface area contributed by atoms with Crippen LogP contribution in [0.2, 0.25) is 0 Å². The van der Waals surface area contributed by atoms with E-state index < -0.39 is 0 Å². The largest absolute Gasteiger partial charge is 0.466 e. The number of nitrogens with one attached hydrogen (secondary N) is 2. The van der Waals surface area contributed by atoms with E-state index in [4.69, 9.17) is 4.42 Å². The molecule has 0 spiro atoms. The van der Waals surface area contributed by atoms with Gasteiger partial charge in [-0.3, -0.25) is 4.79 Å². The number of aryl methyl sites for hydroxylation is 2. The number of carbonyl (C=O) groups excluding carboxylic acids is 1. The number of carbonyl (C=O) groups is 1. The molecule has 94 valence electrons. The summed E-state index contributed by atoms with van der Waals surface area (Å²) in [5.74, 6) is 2.42. The van der Waals surface area contributed by atoms with Crippen molar-refractivity contribution in [3.63, 3.8) is 0 Å². The lowest BCUT2D eigenvalue weighted by atomic mass is 9.98. The van der Waals surface area contributed by atoms with Crippen LogP contribution in [0.4, 0.5) is 0 Å². The van der Waals surface area contributed by atoms with Gasteiger partial charge in [0.05, 0.1) is 6.04 Å². The topological polar surface area (TPSA) is 54.3 Å². The minimum Gasteiger partial charge on any atom is -0.466 e. The molecule has 1 saturated heterocycles. The summed E-state index contributed by atoms with van der Waals surface area (Å²) in [5.41, 5.74) is 1.07. The quantitative estimate of drug-likeness (QED) is 0.836. The van der Waals surface area contributed by atoms with Gasteiger partial charge in [-0.1, -0.05) is 0 Å². The van der Waals surface area contributed by atoms with E-state index >= 15 is 0 Å². The Hall–Kier alpha value is -1.29. The van der Waals surface area contributed by atoms with Crippen LogP contribution in [-0.4, -0.2) is 19.0 Å². The van der Waals surface area contributed by atoms with E-state index in [0.29, 0.717) is 12.3 Å². The van der Waals surface area contributed by atoms with Crippen LogP contribution < -0.4 is 10.6 Å². The third-order valence-electron chi connectivity index (χ3n) is 3.26. The van der Waals surface area contributed by atoms with E-state index in [1.165, 1.54) is 0 Å². The Labute approximate surface area is 102 Å². The zero-order valence-corrected chi connectivity index (χ0v) is 10.7. The molecule has 0 aromatic carbocycles. The van der Waals surface area contributed by atoms with Gasteiger partial charge in [-0.25, -0.2) is 0 Å². The number of hydrogen-bond acceptors (Lipinski definition) is 3. The predicted octanol–water partition coefficient (Wildman–Crippen LogP) is 1.68. The molecule has 1 atom stereocenters. The number of amides is 1. The van der Waals surface area contributed by atoms with Crippen LogP contribution in [0.1, 0.15) is 36.5 Å². The van der Waals surface area contributed by atoms with E-state index in [1.807, 2.05) is 26.8 Å². The SMILES string of the molecule is Cc1cc(C(C)NC(=O)CC2CNC2)c(C)o1. The number of furan rings is 1. The van der Waals surface area contributed by atoms with Crippen LogP contribution in [0.5, 0.6) is 0 Å². The molecule has 1 unspecified atom stereocenters. The highest BCUT2D eigenvalue weighted by molar-refractivity contribution is 5.76. The van der Waals surface area contributed by atoms with E-state index in [-0.39, 0.29) is 11.9 Å². The smallest absolute Gasteiger partial charge is 0.220 e. The van der Waals surface area contributed by atoms with Gasteiger partial charge in [0.15, 0.2) is 0 Å². The predicted molar refractivity (Wildman–Crippen MR) is 65.7 cm³/mol. The van der Waals surface area contributed by atoms with Crippen molar-refractivity contribution in [2.24, 2.45) is 5.92 Å². The van der Waals surface area contributed by atoms with Crippen molar-refractivity contribution in [1.82, 2.24) is 10.6 Å². The van der Waals surface area contributed by atoms with E-state index in [1.54, 1.807) is 0 Å². The Morgan fingerprint density at radius 1 is 1.59 bits per heavy atom. The molecule has 2 N–H and O–H groups in total. The maximum absolute atomic E-state index is 11.8. The molecule has 1 aliphatic heterocycles. The van der Waals surface area contributed by atoms with E-state index in [0.717, 1.165) is 30.2 Å². The molecular weight excluding hydrogens is 216 g/mol. The van der Waals surface area contributed by atoms with Crippen molar-refractivity contribution >= 4 is 5.91 Å². The minimum atomic E-state index is 0.0213. The summed E-state index contributed by atoms with van der Waals surface area (Å²) in [6.45, 7) is 7.78. The maximum Gasteiger partial charge on any atom is 0.220 e. The second kappa shape index (κ2) is 4.92. The molecule has 1 amide bonds. The normalized spacial score (nSPS) is 17.6. The van der Waals surface area contributed by atoms with Gasteiger partial charge in [-0.05, 0) is 45.8 Å². The van der Waals surface area contributed by atoms with Gasteiger partial charge in [0, 0.05) is 12.0 Å². The molecule has 2 rings (SSSR count). The van der Waals surface area contributed by atoms with Gasteiger partial charge < -0.3 is 15.1 Å². The van der Waals surface area contributed by atoms with Crippen molar-refractivity contribution in [2.45, 2.75) is 33.2 Å². The minimum absolute atomic E-state index is 0.0213. The monoisotopic (exact) mass is 236 g/mol. The molecule has 0 radical (unpaired) electrons. The van der Waals surface area contributed by atoms with Crippen molar-refractivity contribution in [3.05, 3.63) is 23.2 Å². The second-order valence-electron chi connectivity index (χ2n) is 4.89. The molecular formula is C13H20N2O2. The molecule has 0 saturated carbocycles. The molecule has 17 heavy (non-hydrogen) atoms. The van der Waals surface area contributed by atoms with Gasteiger partial charge in [-0.15, -0.1) is 0 Å². The number of hydrogen-bond donors (Lipinski definition) is 2. The Morgan fingerprint density at radius 2 is 2.29 bits per heavy atom. The standard InChI is InChI=1S/C13H20N2O2/c1-8-4-12(10(3)17-8)9(2)15-13(16)5-11-6-14-7-11/h4,9,11,14H,5-7H2,1-3H3,(H,15,16). The third kappa shape index (κ3) is 2.88. The van der Waals surface area contributed by atoms with Gasteiger partial charge >= 0.3 is 0 Å². The Bertz CT molecular complexity index is 408. The average molecular weight is 236 g/mol. The first-order valence-electron chi connectivity index (χ1n) is 6.13. The second-order valence-corrected chi connectivity index (χ2v) is 4.89. The fourth-order valence-corrected chi connectivity index (χ4v) is 2.21. The maximum atomic E-state index is 11.8. The molecule has 4 heteroatoms. The highest BCUT2D eigenvalue weighted by Gasteiger charge is 2.22. The lowest BCUT2D eigenvalue weighted by Gasteiger charge is -2.27.